The van der Waals surface area contributed by atoms with Crippen LogP contribution >= 0.6 is 0 Å². The number of hydrogen-bond donors (Lipinski definition) is 2. The Hall–Kier alpha value is -3.86. The van der Waals surface area contributed by atoms with Gasteiger partial charge in [0.2, 0.25) is 0 Å². The standard InChI is InChI=1S/C26H18O4/c27-29-19-13-9-17(10-14-19)25-21-5-1-2-6-22(21)26(24-8-4-3-7-23(24)25)18-11-15-20(30-28)16-12-18/h1-16,27-28H. The summed E-state index contributed by atoms with van der Waals surface area (Å²) in [6.07, 6.45) is 0. The van der Waals surface area contributed by atoms with Gasteiger partial charge in [-0.25, -0.2) is 10.5 Å². The van der Waals surface area contributed by atoms with E-state index in [1.165, 1.54) is 0 Å². The molecule has 5 rings (SSSR count). The van der Waals surface area contributed by atoms with Crippen LogP contribution in [0.15, 0.2) is 97.1 Å². The molecule has 0 aliphatic rings. The summed E-state index contributed by atoms with van der Waals surface area (Å²) in [5.74, 6) is 0.797. The van der Waals surface area contributed by atoms with Gasteiger partial charge >= 0.3 is 0 Å². The Morgan fingerprint density at radius 3 is 0.967 bits per heavy atom. The van der Waals surface area contributed by atoms with Crippen LogP contribution in [0.1, 0.15) is 0 Å². The molecular formula is C26H18O4. The second-order valence-corrected chi connectivity index (χ2v) is 7.07. The van der Waals surface area contributed by atoms with Crippen molar-refractivity contribution in [2.75, 3.05) is 0 Å². The van der Waals surface area contributed by atoms with Gasteiger partial charge in [0, 0.05) is 0 Å². The predicted octanol–water partition coefficient (Wildman–Crippen LogP) is 7.03. The summed E-state index contributed by atoms with van der Waals surface area (Å²) in [5.41, 5.74) is 4.34. The first-order valence-corrected chi connectivity index (χ1v) is 9.57. The van der Waals surface area contributed by atoms with Gasteiger partial charge in [-0.1, -0.05) is 72.8 Å². The van der Waals surface area contributed by atoms with Gasteiger partial charge < -0.3 is 9.78 Å². The lowest BCUT2D eigenvalue weighted by Gasteiger charge is -2.17. The van der Waals surface area contributed by atoms with E-state index in [1.54, 1.807) is 24.3 Å². The molecule has 146 valence electrons. The molecule has 0 aliphatic heterocycles. The Morgan fingerprint density at radius 2 is 0.700 bits per heavy atom. The molecule has 0 unspecified atom stereocenters. The average molecular weight is 394 g/mol. The summed E-state index contributed by atoms with van der Waals surface area (Å²) in [7, 11) is 0. The quantitative estimate of drug-likeness (QED) is 0.195. The van der Waals surface area contributed by atoms with Crippen LogP contribution in [0.2, 0.25) is 0 Å². The Balaban J connectivity index is 1.88. The van der Waals surface area contributed by atoms with Crippen molar-refractivity contribution in [2.45, 2.75) is 0 Å². The molecule has 4 heteroatoms. The fourth-order valence-corrected chi connectivity index (χ4v) is 4.12. The van der Waals surface area contributed by atoms with Crippen molar-refractivity contribution in [3.63, 3.8) is 0 Å². The highest BCUT2D eigenvalue weighted by Crippen LogP contribution is 2.43. The van der Waals surface area contributed by atoms with Gasteiger partial charge in [0.05, 0.1) is 0 Å². The highest BCUT2D eigenvalue weighted by Gasteiger charge is 2.16. The van der Waals surface area contributed by atoms with E-state index < -0.39 is 0 Å². The van der Waals surface area contributed by atoms with E-state index in [0.29, 0.717) is 11.5 Å². The van der Waals surface area contributed by atoms with Gasteiger partial charge in [0.15, 0.2) is 11.5 Å². The molecule has 0 bridgehead atoms. The topological polar surface area (TPSA) is 58.9 Å². The van der Waals surface area contributed by atoms with Gasteiger partial charge in [-0.05, 0) is 68.1 Å². The maximum Gasteiger partial charge on any atom is 0.165 e. The number of benzene rings is 5. The molecule has 0 saturated carbocycles. The molecule has 0 saturated heterocycles. The Morgan fingerprint density at radius 1 is 0.400 bits per heavy atom. The van der Waals surface area contributed by atoms with Crippen molar-refractivity contribution in [1.82, 2.24) is 0 Å². The van der Waals surface area contributed by atoms with Crippen LogP contribution in [0.4, 0.5) is 0 Å². The first kappa shape index (κ1) is 18.2. The zero-order chi connectivity index (χ0) is 20.5. The van der Waals surface area contributed by atoms with Crippen molar-refractivity contribution in [1.29, 1.82) is 0 Å². The highest BCUT2D eigenvalue weighted by molar-refractivity contribution is 6.21. The minimum atomic E-state index is 0.398. The molecule has 0 heterocycles. The first-order chi connectivity index (χ1) is 14.8. The summed E-state index contributed by atoms with van der Waals surface area (Å²) in [5, 5.41) is 22.4. The molecule has 5 aromatic carbocycles. The largest absolute Gasteiger partial charge is 0.340 e. The van der Waals surface area contributed by atoms with E-state index in [1.807, 2.05) is 48.5 Å². The fourth-order valence-electron chi connectivity index (χ4n) is 4.12. The number of fused-ring (bicyclic) bond motifs is 2. The minimum absolute atomic E-state index is 0.398. The van der Waals surface area contributed by atoms with Gasteiger partial charge in [-0.15, -0.1) is 0 Å². The van der Waals surface area contributed by atoms with E-state index >= 15 is 0 Å². The number of rotatable bonds is 4. The van der Waals surface area contributed by atoms with E-state index in [4.69, 9.17) is 10.5 Å². The Labute approximate surface area is 173 Å². The van der Waals surface area contributed by atoms with Gasteiger partial charge in [0.1, 0.15) is 0 Å². The zero-order valence-electron chi connectivity index (χ0n) is 15.9. The molecular weight excluding hydrogens is 376 g/mol. The molecule has 5 aromatic rings. The molecule has 0 amide bonds. The molecule has 4 nitrogen and oxygen atoms in total. The van der Waals surface area contributed by atoms with Crippen LogP contribution < -0.4 is 9.78 Å². The normalized spacial score (nSPS) is 11.0. The first-order valence-electron chi connectivity index (χ1n) is 9.57. The monoisotopic (exact) mass is 394 g/mol. The van der Waals surface area contributed by atoms with Gasteiger partial charge in [-0.2, -0.15) is 0 Å². The molecule has 0 radical (unpaired) electrons. The van der Waals surface area contributed by atoms with Crippen molar-refractivity contribution >= 4 is 21.5 Å². The fraction of sp³-hybridized carbons (Fsp3) is 0. The summed E-state index contributed by atoms with van der Waals surface area (Å²) >= 11 is 0. The maximum atomic E-state index is 8.92. The minimum Gasteiger partial charge on any atom is -0.340 e. The lowest BCUT2D eigenvalue weighted by atomic mass is 9.86. The predicted molar refractivity (Wildman–Crippen MR) is 119 cm³/mol. The third kappa shape index (κ3) is 2.95. The highest BCUT2D eigenvalue weighted by atomic mass is 17.1. The molecule has 0 aromatic heterocycles. The van der Waals surface area contributed by atoms with Crippen molar-refractivity contribution in [2.24, 2.45) is 0 Å². The summed E-state index contributed by atoms with van der Waals surface area (Å²) in [6.45, 7) is 0. The van der Waals surface area contributed by atoms with Crippen LogP contribution in [-0.4, -0.2) is 10.5 Å². The van der Waals surface area contributed by atoms with E-state index in [-0.39, 0.29) is 0 Å². The SMILES string of the molecule is OOc1ccc(-c2c3ccccc3c(-c3ccc(OO)cc3)c3ccccc23)cc1. The second-order valence-electron chi connectivity index (χ2n) is 7.07. The molecule has 30 heavy (non-hydrogen) atoms. The molecule has 0 spiro atoms. The van der Waals surface area contributed by atoms with Crippen LogP contribution in [0.3, 0.4) is 0 Å². The lowest BCUT2D eigenvalue weighted by Crippen LogP contribution is -1.91. The second kappa shape index (κ2) is 7.52. The zero-order valence-corrected chi connectivity index (χ0v) is 15.9. The Bertz CT molecular complexity index is 1180. The average Bonchev–Trinajstić information content (AvgIpc) is 2.82. The Kier molecular flexibility index (Phi) is 4.56. The molecule has 0 aliphatic carbocycles. The summed E-state index contributed by atoms with van der Waals surface area (Å²) in [6, 6.07) is 31.5. The molecule has 0 fully saturated rings. The smallest absolute Gasteiger partial charge is 0.165 e. The van der Waals surface area contributed by atoms with E-state index in [9.17, 15) is 0 Å². The van der Waals surface area contributed by atoms with Crippen LogP contribution in [-0.2, 0) is 0 Å². The summed E-state index contributed by atoms with van der Waals surface area (Å²) in [4.78, 5) is 8.70. The van der Waals surface area contributed by atoms with Crippen molar-refractivity contribution in [3.8, 4) is 33.8 Å². The van der Waals surface area contributed by atoms with Crippen LogP contribution in [0.5, 0.6) is 11.5 Å². The van der Waals surface area contributed by atoms with Gasteiger partial charge in [0.25, 0.3) is 0 Å². The lowest BCUT2D eigenvalue weighted by molar-refractivity contribution is -0.137. The summed E-state index contributed by atoms with van der Waals surface area (Å²) < 4.78 is 0. The molecule has 2 N–H and O–H groups in total. The van der Waals surface area contributed by atoms with E-state index in [2.05, 4.69) is 34.0 Å². The van der Waals surface area contributed by atoms with Crippen LogP contribution in [0, 0.1) is 0 Å². The van der Waals surface area contributed by atoms with Crippen molar-refractivity contribution < 1.29 is 20.3 Å². The maximum absolute atomic E-state index is 8.92. The third-order valence-electron chi connectivity index (χ3n) is 5.43. The molecule has 0 atom stereocenters. The van der Waals surface area contributed by atoms with Gasteiger partial charge in [-0.3, -0.25) is 0 Å². The van der Waals surface area contributed by atoms with Crippen LogP contribution in [0.25, 0.3) is 43.8 Å². The van der Waals surface area contributed by atoms with Crippen molar-refractivity contribution in [3.05, 3.63) is 97.1 Å². The number of hydrogen-bond acceptors (Lipinski definition) is 4. The third-order valence-corrected chi connectivity index (χ3v) is 5.43. The van der Waals surface area contributed by atoms with E-state index in [0.717, 1.165) is 43.8 Å².